The van der Waals surface area contributed by atoms with E-state index in [0.29, 0.717) is 17.0 Å². The van der Waals surface area contributed by atoms with Crippen LogP contribution in [0.25, 0.3) is 0 Å². The maximum atomic E-state index is 12.8. The highest BCUT2D eigenvalue weighted by Gasteiger charge is 2.41. The molecule has 0 fully saturated rings. The van der Waals surface area contributed by atoms with E-state index in [1.807, 2.05) is 12.1 Å². The molecule has 8 nitrogen and oxygen atoms in total. The summed E-state index contributed by atoms with van der Waals surface area (Å²) in [6, 6.07) is 7.56. The molecule has 150 valence electrons. The number of hydrogen-bond donors (Lipinski definition) is 3. The van der Waals surface area contributed by atoms with Crippen molar-refractivity contribution in [2.75, 3.05) is 6.54 Å². The fourth-order valence-electron chi connectivity index (χ4n) is 3.17. The average Bonchev–Trinajstić information content (AvgIpc) is 2.67. The molecule has 1 aromatic carbocycles. The summed E-state index contributed by atoms with van der Waals surface area (Å²) in [5.41, 5.74) is 1.47. The standard InChI is InChI=1S/C20H19ClN4O4/c1-12-16(18(26)27)17(14-3-2-4-15(21)11-14)25(20(29)24-12)19(28)23-10-7-13-5-8-22-9-6-13/h2-6,8-9,11,17H,7,10H2,1H3,(H,23,28)(H,24,29)(H,26,27). The van der Waals surface area contributed by atoms with Gasteiger partial charge < -0.3 is 15.7 Å². The summed E-state index contributed by atoms with van der Waals surface area (Å²) in [5, 5.41) is 15.2. The molecule has 1 aliphatic heterocycles. The lowest BCUT2D eigenvalue weighted by Crippen LogP contribution is -2.54. The Morgan fingerprint density at radius 2 is 2.00 bits per heavy atom. The fraction of sp³-hybridized carbons (Fsp3) is 0.200. The fourth-order valence-corrected chi connectivity index (χ4v) is 3.37. The number of urea groups is 2. The minimum Gasteiger partial charge on any atom is -0.478 e. The summed E-state index contributed by atoms with van der Waals surface area (Å²) < 4.78 is 0. The van der Waals surface area contributed by atoms with Crippen LogP contribution in [0.15, 0.2) is 60.1 Å². The third kappa shape index (κ3) is 4.55. The quantitative estimate of drug-likeness (QED) is 0.696. The molecule has 1 aromatic heterocycles. The van der Waals surface area contributed by atoms with Gasteiger partial charge in [0.25, 0.3) is 0 Å². The van der Waals surface area contributed by atoms with E-state index in [1.165, 1.54) is 13.0 Å². The molecule has 0 bridgehead atoms. The Hall–Kier alpha value is -3.39. The zero-order chi connectivity index (χ0) is 21.0. The van der Waals surface area contributed by atoms with Crippen LogP contribution < -0.4 is 10.6 Å². The van der Waals surface area contributed by atoms with Gasteiger partial charge in [-0.15, -0.1) is 0 Å². The van der Waals surface area contributed by atoms with Gasteiger partial charge in [-0.25, -0.2) is 19.3 Å². The number of amides is 4. The topological polar surface area (TPSA) is 112 Å². The van der Waals surface area contributed by atoms with E-state index in [0.717, 1.165) is 10.5 Å². The normalized spacial score (nSPS) is 16.4. The number of aromatic nitrogens is 1. The molecule has 1 atom stereocenters. The Morgan fingerprint density at radius 1 is 1.28 bits per heavy atom. The molecule has 1 aliphatic rings. The van der Waals surface area contributed by atoms with Crippen LogP contribution in [0.3, 0.4) is 0 Å². The maximum absolute atomic E-state index is 12.8. The first-order valence-electron chi connectivity index (χ1n) is 8.85. The smallest absolute Gasteiger partial charge is 0.335 e. The number of halogens is 1. The van der Waals surface area contributed by atoms with Crippen LogP contribution in [0.5, 0.6) is 0 Å². The van der Waals surface area contributed by atoms with Gasteiger partial charge in [-0.2, -0.15) is 0 Å². The van der Waals surface area contributed by atoms with Crippen LogP contribution in [-0.2, 0) is 11.2 Å². The minimum absolute atomic E-state index is 0.101. The van der Waals surface area contributed by atoms with Gasteiger partial charge in [0.05, 0.1) is 5.57 Å². The van der Waals surface area contributed by atoms with Gasteiger partial charge in [0.2, 0.25) is 0 Å². The third-order valence-electron chi connectivity index (χ3n) is 4.50. The number of hydrogen-bond acceptors (Lipinski definition) is 4. The number of nitrogens with one attached hydrogen (secondary N) is 2. The van der Waals surface area contributed by atoms with E-state index >= 15 is 0 Å². The molecule has 2 aromatic rings. The minimum atomic E-state index is -1.23. The predicted octanol–water partition coefficient (Wildman–Crippen LogP) is 3.11. The summed E-state index contributed by atoms with van der Waals surface area (Å²) in [4.78, 5) is 42.1. The highest BCUT2D eigenvalue weighted by Crippen LogP contribution is 2.34. The summed E-state index contributed by atoms with van der Waals surface area (Å²) in [5.74, 6) is -1.23. The number of carboxylic acids is 1. The van der Waals surface area contributed by atoms with Gasteiger partial charge in [0.1, 0.15) is 6.04 Å². The molecule has 2 heterocycles. The van der Waals surface area contributed by atoms with Gasteiger partial charge in [-0.3, -0.25) is 4.98 Å². The second kappa shape index (κ2) is 8.74. The number of carboxylic acid groups (broad SMARTS) is 1. The number of carbonyl (C=O) groups is 3. The van der Waals surface area contributed by atoms with E-state index in [2.05, 4.69) is 15.6 Å². The van der Waals surface area contributed by atoms with Crippen molar-refractivity contribution in [1.82, 2.24) is 20.5 Å². The van der Waals surface area contributed by atoms with Crippen molar-refractivity contribution in [3.8, 4) is 0 Å². The molecular formula is C20H19ClN4O4. The number of pyridine rings is 1. The van der Waals surface area contributed by atoms with Gasteiger partial charge in [0, 0.05) is 29.7 Å². The highest BCUT2D eigenvalue weighted by atomic mass is 35.5. The SMILES string of the molecule is CC1=C(C(=O)O)C(c2cccc(Cl)c2)N(C(=O)NCCc2ccncc2)C(=O)N1. The molecule has 1 unspecified atom stereocenters. The lowest BCUT2D eigenvalue weighted by atomic mass is 9.94. The van der Waals surface area contributed by atoms with Crippen molar-refractivity contribution in [2.24, 2.45) is 0 Å². The van der Waals surface area contributed by atoms with Gasteiger partial charge >= 0.3 is 18.0 Å². The van der Waals surface area contributed by atoms with E-state index in [4.69, 9.17) is 11.6 Å². The van der Waals surface area contributed by atoms with Crippen molar-refractivity contribution in [1.29, 1.82) is 0 Å². The van der Waals surface area contributed by atoms with E-state index < -0.39 is 24.1 Å². The van der Waals surface area contributed by atoms with Crippen LogP contribution in [0.4, 0.5) is 9.59 Å². The van der Waals surface area contributed by atoms with Gasteiger partial charge in [-0.1, -0.05) is 23.7 Å². The highest BCUT2D eigenvalue weighted by molar-refractivity contribution is 6.30. The van der Waals surface area contributed by atoms with Crippen LogP contribution in [-0.4, -0.2) is 39.6 Å². The number of aliphatic carboxylic acids is 1. The van der Waals surface area contributed by atoms with Crippen molar-refractivity contribution in [3.63, 3.8) is 0 Å². The van der Waals surface area contributed by atoms with Crippen LogP contribution >= 0.6 is 11.6 Å². The zero-order valence-electron chi connectivity index (χ0n) is 15.6. The van der Waals surface area contributed by atoms with Crippen LogP contribution in [0.2, 0.25) is 5.02 Å². The molecule has 0 saturated heterocycles. The molecular weight excluding hydrogens is 396 g/mol. The first kappa shape index (κ1) is 20.3. The number of allylic oxidation sites excluding steroid dienone is 1. The Bertz CT molecular complexity index is 977. The second-order valence-corrected chi connectivity index (χ2v) is 6.88. The molecule has 4 amide bonds. The molecule has 0 aliphatic carbocycles. The van der Waals surface area contributed by atoms with Gasteiger partial charge in [0.15, 0.2) is 0 Å². The number of nitrogens with zero attached hydrogens (tertiary/aromatic N) is 2. The summed E-state index contributed by atoms with van der Waals surface area (Å²) in [7, 11) is 0. The first-order chi connectivity index (χ1) is 13.9. The molecule has 0 spiro atoms. The van der Waals surface area contributed by atoms with E-state index in [9.17, 15) is 19.5 Å². The monoisotopic (exact) mass is 414 g/mol. The molecule has 3 N–H and O–H groups in total. The number of imide groups is 1. The van der Waals surface area contributed by atoms with E-state index in [-0.39, 0.29) is 17.8 Å². The lowest BCUT2D eigenvalue weighted by molar-refractivity contribution is -0.133. The van der Waals surface area contributed by atoms with Crippen molar-refractivity contribution in [2.45, 2.75) is 19.4 Å². The molecule has 0 saturated carbocycles. The van der Waals surface area contributed by atoms with Crippen molar-refractivity contribution >= 4 is 29.6 Å². The second-order valence-electron chi connectivity index (χ2n) is 6.44. The van der Waals surface area contributed by atoms with E-state index in [1.54, 1.807) is 30.6 Å². The van der Waals surface area contributed by atoms with Crippen LogP contribution in [0.1, 0.15) is 24.1 Å². The molecule has 0 radical (unpaired) electrons. The summed E-state index contributed by atoms with van der Waals surface area (Å²) >= 11 is 6.05. The van der Waals surface area contributed by atoms with Gasteiger partial charge in [-0.05, 0) is 48.7 Å². The Kier molecular flexibility index (Phi) is 6.13. The van der Waals surface area contributed by atoms with Crippen molar-refractivity contribution < 1.29 is 19.5 Å². The number of carbonyl (C=O) groups excluding carboxylic acids is 2. The Balaban J connectivity index is 1.88. The lowest BCUT2D eigenvalue weighted by Gasteiger charge is -2.35. The largest absolute Gasteiger partial charge is 0.478 e. The third-order valence-corrected chi connectivity index (χ3v) is 4.74. The summed E-state index contributed by atoms with van der Waals surface area (Å²) in [6.45, 7) is 1.75. The predicted molar refractivity (Wildman–Crippen MR) is 106 cm³/mol. The summed E-state index contributed by atoms with van der Waals surface area (Å²) in [6.07, 6.45) is 3.83. The first-order valence-corrected chi connectivity index (χ1v) is 9.22. The average molecular weight is 415 g/mol. The molecule has 9 heteroatoms. The number of benzene rings is 1. The Morgan fingerprint density at radius 3 is 2.66 bits per heavy atom. The zero-order valence-corrected chi connectivity index (χ0v) is 16.3. The molecule has 3 rings (SSSR count). The van der Waals surface area contributed by atoms with Crippen LogP contribution in [0, 0.1) is 0 Å². The Labute approximate surface area is 172 Å². The number of rotatable bonds is 5. The maximum Gasteiger partial charge on any atom is 0.335 e. The van der Waals surface area contributed by atoms with Crippen molar-refractivity contribution in [3.05, 3.63) is 76.2 Å². The molecule has 29 heavy (non-hydrogen) atoms.